The topological polar surface area (TPSA) is 92.4 Å². The molecule has 0 spiro atoms. The van der Waals surface area contributed by atoms with E-state index in [1.54, 1.807) is 0 Å². The van der Waals surface area contributed by atoms with Crippen LogP contribution in [0, 0.1) is 0 Å². The van der Waals surface area contributed by atoms with Crippen molar-refractivity contribution in [3.63, 3.8) is 0 Å². The number of amides is 1. The second-order valence-electron chi connectivity index (χ2n) is 4.10. The van der Waals surface area contributed by atoms with Gasteiger partial charge in [-0.25, -0.2) is 4.79 Å². The van der Waals surface area contributed by atoms with Gasteiger partial charge in [0.25, 0.3) is 5.91 Å². The number of aromatic carboxylic acids is 1. The lowest BCUT2D eigenvalue weighted by atomic mass is 9.95. The van der Waals surface area contributed by atoms with Gasteiger partial charge in [-0.15, -0.1) is 0 Å². The number of nitrogens with zero attached hydrogens (tertiary/aromatic N) is 1. The number of rotatable bonds is 5. The van der Waals surface area contributed by atoms with Gasteiger partial charge in [-0.1, -0.05) is 19.0 Å². The molecule has 0 aliphatic rings. The van der Waals surface area contributed by atoms with Crippen molar-refractivity contribution >= 4 is 11.9 Å². The predicted octanol–water partition coefficient (Wildman–Crippen LogP) is 1.68. The molecule has 2 N–H and O–H groups in total. The summed E-state index contributed by atoms with van der Waals surface area (Å²) in [5.41, 5.74) is -0.338. The van der Waals surface area contributed by atoms with E-state index in [1.165, 1.54) is 0 Å². The van der Waals surface area contributed by atoms with Crippen molar-refractivity contribution in [2.45, 2.75) is 39.2 Å². The molecule has 0 aliphatic carbocycles. The Balaban J connectivity index is 2.79. The van der Waals surface area contributed by atoms with E-state index in [0.29, 0.717) is 0 Å². The maximum Gasteiger partial charge on any atom is 0.374 e. The normalized spacial score (nSPS) is 11.2. The monoisotopic (exact) mass is 240 g/mol. The molecule has 1 heterocycles. The summed E-state index contributed by atoms with van der Waals surface area (Å²) in [6.07, 6.45) is 1.55. The fourth-order valence-electron chi connectivity index (χ4n) is 1.25. The zero-order valence-electron chi connectivity index (χ0n) is 10.1. The minimum atomic E-state index is -1.25. The largest absolute Gasteiger partial charge is 0.475 e. The molecule has 0 aromatic carbocycles. The van der Waals surface area contributed by atoms with Crippen LogP contribution in [0.1, 0.15) is 54.7 Å². The molecule has 0 atom stereocenters. The standard InChI is InChI=1S/C11H16N2O4/c1-4-11(3,5-2)12-9(14)7-6-8(10(15)16)17-13-7/h6H,4-5H2,1-3H3,(H,12,14)(H,15,16). The van der Waals surface area contributed by atoms with Crippen LogP contribution >= 0.6 is 0 Å². The van der Waals surface area contributed by atoms with Crippen LogP contribution in [0.25, 0.3) is 0 Å². The third-order valence-corrected chi connectivity index (χ3v) is 2.93. The van der Waals surface area contributed by atoms with Gasteiger partial charge in [-0.2, -0.15) is 0 Å². The van der Waals surface area contributed by atoms with E-state index in [-0.39, 0.29) is 17.0 Å². The van der Waals surface area contributed by atoms with Gasteiger partial charge >= 0.3 is 5.97 Å². The summed E-state index contributed by atoms with van der Waals surface area (Å²) < 4.78 is 4.52. The van der Waals surface area contributed by atoms with Gasteiger partial charge in [0, 0.05) is 11.6 Å². The number of aromatic nitrogens is 1. The fraction of sp³-hybridized carbons (Fsp3) is 0.545. The number of carbonyl (C=O) groups excluding carboxylic acids is 1. The Kier molecular flexibility index (Phi) is 3.88. The molecule has 94 valence electrons. The molecule has 1 rings (SSSR count). The highest BCUT2D eigenvalue weighted by Gasteiger charge is 2.25. The summed E-state index contributed by atoms with van der Waals surface area (Å²) >= 11 is 0. The summed E-state index contributed by atoms with van der Waals surface area (Å²) in [6, 6.07) is 1.11. The van der Waals surface area contributed by atoms with Crippen molar-refractivity contribution in [3.8, 4) is 0 Å². The highest BCUT2D eigenvalue weighted by molar-refractivity contribution is 5.95. The van der Waals surface area contributed by atoms with Crippen LogP contribution < -0.4 is 5.32 Å². The van der Waals surface area contributed by atoms with Crippen molar-refractivity contribution in [1.82, 2.24) is 10.5 Å². The average molecular weight is 240 g/mol. The lowest BCUT2D eigenvalue weighted by molar-refractivity contribution is 0.0650. The van der Waals surface area contributed by atoms with Gasteiger partial charge < -0.3 is 14.9 Å². The number of hydrogen-bond donors (Lipinski definition) is 2. The SMILES string of the molecule is CCC(C)(CC)NC(=O)c1cc(C(=O)O)on1. The van der Waals surface area contributed by atoms with E-state index in [9.17, 15) is 9.59 Å². The van der Waals surface area contributed by atoms with E-state index < -0.39 is 11.9 Å². The van der Waals surface area contributed by atoms with Crippen molar-refractivity contribution in [2.24, 2.45) is 0 Å². The van der Waals surface area contributed by atoms with Gasteiger partial charge in [0.1, 0.15) is 0 Å². The Morgan fingerprint density at radius 1 is 1.47 bits per heavy atom. The van der Waals surface area contributed by atoms with Crippen LogP contribution in [-0.2, 0) is 0 Å². The van der Waals surface area contributed by atoms with E-state index in [4.69, 9.17) is 5.11 Å². The second-order valence-corrected chi connectivity index (χ2v) is 4.10. The molecule has 1 aromatic rings. The molecule has 0 radical (unpaired) electrons. The quantitative estimate of drug-likeness (QED) is 0.816. The highest BCUT2D eigenvalue weighted by Crippen LogP contribution is 2.14. The molecular formula is C11H16N2O4. The second kappa shape index (κ2) is 4.99. The Morgan fingerprint density at radius 2 is 2.06 bits per heavy atom. The first kappa shape index (κ1) is 13.2. The molecule has 0 saturated heterocycles. The number of carboxylic acids is 1. The smallest absolute Gasteiger partial charge is 0.374 e. The number of nitrogens with one attached hydrogen (secondary N) is 1. The van der Waals surface area contributed by atoms with Crippen LogP contribution in [0.2, 0.25) is 0 Å². The number of hydrogen-bond acceptors (Lipinski definition) is 4. The van der Waals surface area contributed by atoms with Gasteiger partial charge in [-0.3, -0.25) is 4.79 Å². The van der Waals surface area contributed by atoms with E-state index >= 15 is 0 Å². The minimum absolute atomic E-state index is 0.0180. The summed E-state index contributed by atoms with van der Waals surface area (Å²) in [6.45, 7) is 5.85. The molecule has 0 fully saturated rings. The summed E-state index contributed by atoms with van der Waals surface area (Å²) in [4.78, 5) is 22.4. The van der Waals surface area contributed by atoms with Gasteiger partial charge in [-0.05, 0) is 19.8 Å². The van der Waals surface area contributed by atoms with Crippen LogP contribution in [-0.4, -0.2) is 27.7 Å². The molecule has 0 unspecified atom stereocenters. The molecule has 1 amide bonds. The molecule has 1 aromatic heterocycles. The molecule has 6 heteroatoms. The van der Waals surface area contributed by atoms with Crippen LogP contribution in [0.15, 0.2) is 10.6 Å². The Hall–Kier alpha value is -1.85. The molecule has 0 aliphatic heterocycles. The van der Waals surface area contributed by atoms with Crippen molar-refractivity contribution in [3.05, 3.63) is 17.5 Å². The van der Waals surface area contributed by atoms with Crippen LogP contribution in [0.4, 0.5) is 0 Å². The first-order valence-electron chi connectivity index (χ1n) is 5.44. The molecule has 0 saturated carbocycles. The lowest BCUT2D eigenvalue weighted by Gasteiger charge is -2.27. The van der Waals surface area contributed by atoms with Crippen molar-refractivity contribution in [1.29, 1.82) is 0 Å². The molecule has 17 heavy (non-hydrogen) atoms. The fourth-order valence-corrected chi connectivity index (χ4v) is 1.25. The third-order valence-electron chi connectivity index (χ3n) is 2.93. The zero-order valence-corrected chi connectivity index (χ0v) is 10.1. The lowest BCUT2D eigenvalue weighted by Crippen LogP contribution is -2.45. The van der Waals surface area contributed by atoms with Gasteiger partial charge in [0.05, 0.1) is 0 Å². The summed E-state index contributed by atoms with van der Waals surface area (Å²) in [5, 5.41) is 14.9. The van der Waals surface area contributed by atoms with E-state index in [0.717, 1.165) is 18.9 Å². The molecule has 6 nitrogen and oxygen atoms in total. The van der Waals surface area contributed by atoms with E-state index in [2.05, 4.69) is 15.0 Å². The maximum atomic E-state index is 11.8. The van der Waals surface area contributed by atoms with E-state index in [1.807, 2.05) is 20.8 Å². The molecular weight excluding hydrogens is 224 g/mol. The number of carbonyl (C=O) groups is 2. The third kappa shape index (κ3) is 3.05. The Morgan fingerprint density at radius 3 is 2.47 bits per heavy atom. The van der Waals surface area contributed by atoms with Crippen LogP contribution in [0.5, 0.6) is 0 Å². The highest BCUT2D eigenvalue weighted by atomic mass is 16.5. The minimum Gasteiger partial charge on any atom is -0.475 e. The van der Waals surface area contributed by atoms with Gasteiger partial charge in [0.15, 0.2) is 5.69 Å². The molecule has 0 bridgehead atoms. The maximum absolute atomic E-state index is 11.8. The van der Waals surface area contributed by atoms with Crippen LogP contribution in [0.3, 0.4) is 0 Å². The Labute approximate surface area is 99.0 Å². The van der Waals surface area contributed by atoms with Crippen molar-refractivity contribution in [2.75, 3.05) is 0 Å². The Bertz CT molecular complexity index is 421. The first-order chi connectivity index (χ1) is 7.91. The first-order valence-corrected chi connectivity index (χ1v) is 5.44. The summed E-state index contributed by atoms with van der Waals surface area (Å²) in [5.74, 6) is -2.01. The predicted molar refractivity (Wildman–Crippen MR) is 59.9 cm³/mol. The zero-order chi connectivity index (χ0) is 13.1. The van der Waals surface area contributed by atoms with Gasteiger partial charge in [0.2, 0.25) is 5.76 Å². The summed E-state index contributed by atoms with van der Waals surface area (Å²) in [7, 11) is 0. The van der Waals surface area contributed by atoms with Crippen molar-refractivity contribution < 1.29 is 19.2 Å². The average Bonchev–Trinajstić information content (AvgIpc) is 2.78. The number of carboxylic acid groups (broad SMARTS) is 1.